The standard InChI is InChI=1S/Cu.7Ni. The van der Waals surface area contributed by atoms with Gasteiger partial charge in [0.1, 0.15) is 0 Å². The monoisotopic (exact) mass is 468 g/mol. The molecule has 0 aliphatic heterocycles. The predicted octanol–water partition coefficient (Wildman–Crippen LogP) is -0.0200. The maximum atomic E-state index is 0. The van der Waals surface area contributed by atoms with Crippen LogP contribution >= 0.6 is 0 Å². The Kier molecular flexibility index (Phi) is 789. The molecule has 0 saturated carbocycles. The van der Waals surface area contributed by atoms with E-state index in [2.05, 4.69) is 0 Å². The third kappa shape index (κ3) is 50.9. The van der Waals surface area contributed by atoms with Gasteiger partial charge in [0.2, 0.25) is 0 Å². The normalized spacial score (nSPS) is 0. The van der Waals surface area contributed by atoms with E-state index in [4.69, 9.17) is 0 Å². The van der Waals surface area contributed by atoms with E-state index in [1.807, 2.05) is 0 Å². The zero-order valence-electron chi connectivity index (χ0n) is 2.52. The topological polar surface area (TPSA) is 0 Å². The first-order chi connectivity index (χ1) is 0. The Morgan fingerprint density at radius 2 is 0.250 bits per heavy atom. The van der Waals surface area contributed by atoms with Crippen LogP contribution in [0.5, 0.6) is 0 Å². The first-order valence-electron chi connectivity index (χ1n) is 0. The van der Waals surface area contributed by atoms with Gasteiger partial charge in [0, 0.05) is 133 Å². The summed E-state index contributed by atoms with van der Waals surface area (Å²) < 4.78 is 0. The summed E-state index contributed by atoms with van der Waals surface area (Å²) in [6.45, 7) is 0. The Labute approximate surface area is 130 Å². The summed E-state index contributed by atoms with van der Waals surface area (Å²) >= 11 is 0. The maximum absolute atomic E-state index is 0. The Balaban J connectivity index is 0. The van der Waals surface area contributed by atoms with E-state index in [0.717, 1.165) is 0 Å². The molecule has 81 valence electrons. The van der Waals surface area contributed by atoms with Crippen LogP contribution in [0.3, 0.4) is 0 Å². The van der Waals surface area contributed by atoms with Crippen molar-refractivity contribution >= 4 is 0 Å². The van der Waals surface area contributed by atoms with Gasteiger partial charge in [-0.2, -0.15) is 0 Å². The summed E-state index contributed by atoms with van der Waals surface area (Å²) in [6.07, 6.45) is 0. The van der Waals surface area contributed by atoms with E-state index in [1.54, 1.807) is 0 Å². The molecule has 1 radical (unpaired) electrons. The Bertz CT molecular complexity index is 4.35. The second kappa shape index (κ2) is 69.1. The Morgan fingerprint density at radius 1 is 0.250 bits per heavy atom. The minimum Gasteiger partial charge on any atom is 0 e. The van der Waals surface area contributed by atoms with Crippen LogP contribution < -0.4 is 0 Å². The van der Waals surface area contributed by atoms with Gasteiger partial charge in [-0.1, -0.05) is 0 Å². The van der Waals surface area contributed by atoms with Gasteiger partial charge < -0.3 is 0 Å². The van der Waals surface area contributed by atoms with Crippen molar-refractivity contribution in [2.24, 2.45) is 0 Å². The first-order valence-corrected chi connectivity index (χ1v) is 0. The van der Waals surface area contributed by atoms with E-state index in [0.29, 0.717) is 0 Å². The first kappa shape index (κ1) is 91.3. The van der Waals surface area contributed by atoms with Gasteiger partial charge in [-0.25, -0.2) is 0 Å². The van der Waals surface area contributed by atoms with E-state index < -0.39 is 0 Å². The largest absolute Gasteiger partial charge is 0 e. The van der Waals surface area contributed by atoms with Gasteiger partial charge in [-0.3, -0.25) is 0 Å². The van der Waals surface area contributed by atoms with Crippen LogP contribution in [-0.2, 0) is 133 Å². The maximum Gasteiger partial charge on any atom is 0 e. The molecule has 0 aliphatic carbocycles. The van der Waals surface area contributed by atoms with Crippen LogP contribution in [0.4, 0.5) is 0 Å². The summed E-state index contributed by atoms with van der Waals surface area (Å²) in [5, 5.41) is 0. The molecular weight excluding hydrogens is 474 g/mol. The van der Waals surface area contributed by atoms with Crippen LogP contribution in [-0.4, -0.2) is 0 Å². The third-order valence-corrected chi connectivity index (χ3v) is 0. The molecule has 0 atom stereocenters. The van der Waals surface area contributed by atoms with Crippen molar-refractivity contribution in [3.05, 3.63) is 0 Å². The van der Waals surface area contributed by atoms with Gasteiger partial charge in [0.15, 0.2) is 0 Å². The minimum atomic E-state index is 0. The summed E-state index contributed by atoms with van der Waals surface area (Å²) in [5.74, 6) is 0. The van der Waals surface area contributed by atoms with Crippen LogP contribution in [0.1, 0.15) is 0 Å². The van der Waals surface area contributed by atoms with Crippen LogP contribution in [0.2, 0.25) is 0 Å². The smallest absolute Gasteiger partial charge is 0 e. The van der Waals surface area contributed by atoms with Crippen molar-refractivity contribution in [3.63, 3.8) is 0 Å². The molecule has 0 saturated heterocycles. The van der Waals surface area contributed by atoms with Crippen molar-refractivity contribution in [1.29, 1.82) is 0 Å². The molecule has 0 nitrogen and oxygen atoms in total. The number of rotatable bonds is 0. The molecule has 0 heterocycles. The van der Waals surface area contributed by atoms with Crippen LogP contribution in [0, 0.1) is 0 Å². The molecule has 0 rings (SSSR count). The van der Waals surface area contributed by atoms with Crippen molar-refractivity contribution in [2.45, 2.75) is 0 Å². The van der Waals surface area contributed by atoms with Crippen molar-refractivity contribution in [2.75, 3.05) is 0 Å². The fraction of sp³-hybridized carbons (Fsp3) is 0. The minimum absolute atomic E-state index is 0. The zero-order chi connectivity index (χ0) is 0. The Morgan fingerprint density at radius 3 is 0.250 bits per heavy atom. The van der Waals surface area contributed by atoms with E-state index in [-0.39, 0.29) is 133 Å². The molecule has 0 unspecified atom stereocenters. The molecule has 8 heteroatoms. The van der Waals surface area contributed by atoms with Gasteiger partial charge in [-0.15, -0.1) is 0 Å². The SMILES string of the molecule is [Cu].[Ni].[Ni].[Ni].[Ni].[Ni].[Ni].[Ni]. The molecule has 0 aromatic rings. The molecule has 0 bridgehead atoms. The number of hydrogen-bond donors (Lipinski definition) is 0. The van der Waals surface area contributed by atoms with Crippen molar-refractivity contribution < 1.29 is 133 Å². The molecular formula is CuNi7. The zero-order valence-corrected chi connectivity index (χ0v) is 10.4. The molecule has 0 aliphatic rings. The van der Waals surface area contributed by atoms with Crippen LogP contribution in [0.15, 0.2) is 0 Å². The van der Waals surface area contributed by atoms with Crippen molar-refractivity contribution in [3.8, 4) is 0 Å². The molecule has 0 fully saturated rings. The summed E-state index contributed by atoms with van der Waals surface area (Å²) in [4.78, 5) is 0. The van der Waals surface area contributed by atoms with Gasteiger partial charge in [0.25, 0.3) is 0 Å². The van der Waals surface area contributed by atoms with Gasteiger partial charge in [0.05, 0.1) is 0 Å². The van der Waals surface area contributed by atoms with E-state index >= 15 is 0 Å². The van der Waals surface area contributed by atoms with Gasteiger partial charge >= 0.3 is 0 Å². The summed E-state index contributed by atoms with van der Waals surface area (Å²) in [6, 6.07) is 0. The van der Waals surface area contributed by atoms with Gasteiger partial charge in [-0.05, 0) is 0 Å². The third-order valence-electron chi connectivity index (χ3n) is 0. The average Bonchev–Trinajstić information content (AvgIpc) is 0. The number of hydrogen-bond acceptors (Lipinski definition) is 0. The molecule has 8 heavy (non-hydrogen) atoms. The molecule has 0 N–H and O–H groups in total. The fourth-order valence-corrected chi connectivity index (χ4v) is 0. The molecule has 0 aromatic heterocycles. The summed E-state index contributed by atoms with van der Waals surface area (Å²) in [5.41, 5.74) is 0. The van der Waals surface area contributed by atoms with E-state index in [1.165, 1.54) is 0 Å². The second-order valence-corrected chi connectivity index (χ2v) is 0. The average molecular weight is 474 g/mol. The molecule has 0 aromatic carbocycles. The fourth-order valence-electron chi connectivity index (χ4n) is 0. The Hall–Kier alpha value is 3.97. The molecule has 0 amide bonds. The summed E-state index contributed by atoms with van der Waals surface area (Å²) in [7, 11) is 0. The predicted molar refractivity (Wildman–Crippen MR) is 0 cm³/mol. The quantitative estimate of drug-likeness (QED) is 0.434. The molecule has 0 spiro atoms. The van der Waals surface area contributed by atoms with Crippen LogP contribution in [0.25, 0.3) is 0 Å². The van der Waals surface area contributed by atoms with E-state index in [9.17, 15) is 0 Å². The van der Waals surface area contributed by atoms with Crippen molar-refractivity contribution in [1.82, 2.24) is 0 Å². The second-order valence-electron chi connectivity index (χ2n) is 0.